The van der Waals surface area contributed by atoms with E-state index in [0.717, 1.165) is 11.1 Å². The minimum Gasteiger partial charge on any atom is -0.416 e. The molecule has 0 N–H and O–H groups in total. The molecule has 0 fully saturated rings. The lowest BCUT2D eigenvalue weighted by atomic mass is 9.89. The molecular weight excluding hydrogens is 332 g/mol. The van der Waals surface area contributed by atoms with Gasteiger partial charge < -0.3 is 4.42 Å². The van der Waals surface area contributed by atoms with Crippen molar-refractivity contribution >= 4 is 0 Å². The summed E-state index contributed by atoms with van der Waals surface area (Å²) in [6, 6.07) is 0. The Hall–Kier alpha value is -2.42. The topological polar surface area (TPSA) is 38.9 Å². The zero-order valence-corrected chi connectivity index (χ0v) is 18.3. The van der Waals surface area contributed by atoms with E-state index in [1.807, 2.05) is 0 Å². The van der Waals surface area contributed by atoms with Gasteiger partial charge in [0.2, 0.25) is 11.8 Å². The number of nitrogens with zero attached hydrogens (tertiary/aromatic N) is 2. The molecule has 0 spiro atoms. The molecule has 3 heteroatoms. The highest BCUT2D eigenvalue weighted by molar-refractivity contribution is 5.72. The molecule has 0 aliphatic rings. The van der Waals surface area contributed by atoms with Crippen LogP contribution in [0.15, 0.2) is 4.42 Å². The Labute approximate surface area is 162 Å². The number of hydrogen-bond acceptors (Lipinski definition) is 3. The minimum atomic E-state index is 0.612. The van der Waals surface area contributed by atoms with Gasteiger partial charge >= 0.3 is 0 Å². The van der Waals surface area contributed by atoms with E-state index < -0.39 is 0 Å². The van der Waals surface area contributed by atoms with Gasteiger partial charge in [-0.1, -0.05) is 0 Å². The van der Waals surface area contributed by atoms with Crippen LogP contribution in [0.5, 0.6) is 0 Å². The van der Waals surface area contributed by atoms with Crippen molar-refractivity contribution in [3.05, 3.63) is 55.6 Å². The van der Waals surface area contributed by atoms with Gasteiger partial charge in [-0.2, -0.15) is 0 Å². The van der Waals surface area contributed by atoms with Gasteiger partial charge in [0.05, 0.1) is 0 Å². The number of benzene rings is 2. The molecular formula is C24H30N2O. The summed E-state index contributed by atoms with van der Waals surface area (Å²) < 4.78 is 6.26. The Morgan fingerprint density at radius 1 is 0.370 bits per heavy atom. The number of aromatic nitrogens is 2. The smallest absolute Gasteiger partial charge is 0.248 e. The van der Waals surface area contributed by atoms with Crippen LogP contribution < -0.4 is 0 Å². The molecule has 142 valence electrons. The summed E-state index contributed by atoms with van der Waals surface area (Å²) in [6.45, 7) is 21.6. The summed E-state index contributed by atoms with van der Waals surface area (Å²) in [7, 11) is 0. The van der Waals surface area contributed by atoms with Crippen molar-refractivity contribution < 1.29 is 4.42 Å². The van der Waals surface area contributed by atoms with Gasteiger partial charge in [-0.25, -0.2) is 0 Å². The van der Waals surface area contributed by atoms with Gasteiger partial charge in [0, 0.05) is 11.1 Å². The highest BCUT2D eigenvalue weighted by atomic mass is 16.4. The average molecular weight is 363 g/mol. The number of hydrogen-bond donors (Lipinski definition) is 0. The largest absolute Gasteiger partial charge is 0.416 e. The molecule has 3 nitrogen and oxygen atoms in total. The molecule has 3 aromatic rings. The molecule has 1 aromatic heterocycles. The second-order valence-corrected chi connectivity index (χ2v) is 7.91. The lowest BCUT2D eigenvalue weighted by Gasteiger charge is -2.17. The maximum Gasteiger partial charge on any atom is 0.248 e. The van der Waals surface area contributed by atoms with Gasteiger partial charge in [-0.3, -0.25) is 0 Å². The molecule has 1 heterocycles. The predicted molar refractivity (Wildman–Crippen MR) is 113 cm³/mol. The van der Waals surface area contributed by atoms with Crippen LogP contribution >= 0.6 is 0 Å². The molecule has 0 aliphatic heterocycles. The third kappa shape index (κ3) is 2.80. The van der Waals surface area contributed by atoms with E-state index in [1.165, 1.54) is 55.6 Å². The maximum atomic E-state index is 6.26. The Kier molecular flexibility index (Phi) is 4.75. The van der Waals surface area contributed by atoms with Crippen molar-refractivity contribution in [2.75, 3.05) is 0 Å². The Balaban J connectivity index is 2.25. The van der Waals surface area contributed by atoms with Crippen molar-refractivity contribution in [3.63, 3.8) is 0 Å². The monoisotopic (exact) mass is 362 g/mol. The van der Waals surface area contributed by atoms with Crippen LogP contribution in [0.3, 0.4) is 0 Å². The zero-order valence-electron chi connectivity index (χ0n) is 18.3. The second-order valence-electron chi connectivity index (χ2n) is 7.91. The van der Waals surface area contributed by atoms with E-state index >= 15 is 0 Å². The Bertz CT molecular complexity index is 929. The molecule has 0 amide bonds. The highest BCUT2D eigenvalue weighted by Crippen LogP contribution is 2.37. The van der Waals surface area contributed by atoms with Gasteiger partial charge in [0.25, 0.3) is 0 Å². The van der Waals surface area contributed by atoms with Crippen molar-refractivity contribution in [1.29, 1.82) is 0 Å². The molecule has 0 radical (unpaired) electrons. The van der Waals surface area contributed by atoms with Crippen LogP contribution in [0.2, 0.25) is 0 Å². The summed E-state index contributed by atoms with van der Waals surface area (Å²) in [6.07, 6.45) is 0. The molecule has 0 bridgehead atoms. The average Bonchev–Trinajstić information content (AvgIpc) is 3.11. The van der Waals surface area contributed by atoms with E-state index in [0.29, 0.717) is 11.8 Å². The third-order valence-corrected chi connectivity index (χ3v) is 6.85. The lowest BCUT2D eigenvalue weighted by Crippen LogP contribution is -2.00. The van der Waals surface area contributed by atoms with Crippen LogP contribution in [0.25, 0.3) is 22.9 Å². The fraction of sp³-hybridized carbons (Fsp3) is 0.417. The first kappa shape index (κ1) is 19.3. The van der Waals surface area contributed by atoms with E-state index in [4.69, 9.17) is 4.42 Å². The van der Waals surface area contributed by atoms with Gasteiger partial charge in [0.15, 0.2) is 0 Å². The maximum absolute atomic E-state index is 6.26. The van der Waals surface area contributed by atoms with Crippen molar-refractivity contribution in [2.45, 2.75) is 69.2 Å². The Morgan fingerprint density at radius 2 is 0.593 bits per heavy atom. The quantitative estimate of drug-likeness (QED) is 0.523. The van der Waals surface area contributed by atoms with Crippen molar-refractivity contribution in [1.82, 2.24) is 10.2 Å². The van der Waals surface area contributed by atoms with Crippen molar-refractivity contribution in [3.8, 4) is 22.9 Å². The van der Waals surface area contributed by atoms with Gasteiger partial charge in [-0.05, 0) is 125 Å². The molecule has 0 unspecified atom stereocenters. The first-order valence-electron chi connectivity index (χ1n) is 9.56. The fourth-order valence-electron chi connectivity index (χ4n) is 4.07. The minimum absolute atomic E-state index is 0.612. The third-order valence-electron chi connectivity index (χ3n) is 6.85. The first-order chi connectivity index (χ1) is 12.6. The van der Waals surface area contributed by atoms with Gasteiger partial charge in [-0.15, -0.1) is 10.2 Å². The fourth-order valence-corrected chi connectivity index (χ4v) is 4.07. The van der Waals surface area contributed by atoms with Crippen LogP contribution in [0.4, 0.5) is 0 Å². The summed E-state index contributed by atoms with van der Waals surface area (Å²) in [5.41, 5.74) is 14.9. The molecule has 0 atom stereocenters. The zero-order chi connectivity index (χ0) is 20.2. The predicted octanol–water partition coefficient (Wildman–Crippen LogP) is 6.49. The molecule has 0 saturated heterocycles. The standard InChI is InChI=1S/C24H30N2O/c1-11-13(3)17(7)21(18(8)14(11)4)23-25-26-24(27-23)22-19(9)15(5)12(2)16(6)20(22)10/h1-10H3. The molecule has 0 saturated carbocycles. The van der Waals surface area contributed by atoms with E-state index in [-0.39, 0.29) is 0 Å². The van der Waals surface area contributed by atoms with E-state index in [2.05, 4.69) is 79.4 Å². The highest BCUT2D eigenvalue weighted by Gasteiger charge is 2.22. The lowest BCUT2D eigenvalue weighted by molar-refractivity contribution is 0.582. The first-order valence-corrected chi connectivity index (χ1v) is 9.56. The van der Waals surface area contributed by atoms with Crippen LogP contribution in [0, 0.1) is 69.2 Å². The molecule has 2 aromatic carbocycles. The van der Waals surface area contributed by atoms with Crippen LogP contribution in [-0.4, -0.2) is 10.2 Å². The van der Waals surface area contributed by atoms with Crippen LogP contribution in [0.1, 0.15) is 55.6 Å². The second kappa shape index (κ2) is 6.63. The molecule has 27 heavy (non-hydrogen) atoms. The summed E-state index contributed by atoms with van der Waals surface area (Å²) in [5.74, 6) is 1.22. The van der Waals surface area contributed by atoms with Gasteiger partial charge in [0.1, 0.15) is 0 Å². The van der Waals surface area contributed by atoms with Crippen molar-refractivity contribution in [2.24, 2.45) is 0 Å². The molecule has 3 rings (SSSR count). The Morgan fingerprint density at radius 3 is 0.852 bits per heavy atom. The van der Waals surface area contributed by atoms with E-state index in [1.54, 1.807) is 0 Å². The number of rotatable bonds is 2. The van der Waals surface area contributed by atoms with Crippen LogP contribution in [-0.2, 0) is 0 Å². The summed E-state index contributed by atoms with van der Waals surface area (Å²) in [4.78, 5) is 0. The summed E-state index contributed by atoms with van der Waals surface area (Å²) in [5, 5.41) is 8.89. The normalized spacial score (nSPS) is 11.3. The van der Waals surface area contributed by atoms with E-state index in [9.17, 15) is 0 Å². The molecule has 0 aliphatic carbocycles. The summed E-state index contributed by atoms with van der Waals surface area (Å²) >= 11 is 0. The SMILES string of the molecule is Cc1c(C)c(C)c(-c2nnc(-c3c(C)c(C)c(C)c(C)c3C)o2)c(C)c1C.